The average Bonchev–Trinajstić information content (AvgIpc) is 2.95. The van der Waals surface area contributed by atoms with E-state index in [4.69, 9.17) is 28.9 Å². The van der Waals surface area contributed by atoms with Crippen LogP contribution in [-0.4, -0.2) is 42.4 Å². The Balaban J connectivity index is 1.75. The molecule has 0 radical (unpaired) electrons. The first-order valence-electron chi connectivity index (χ1n) is 7.25. The summed E-state index contributed by atoms with van der Waals surface area (Å²) in [6.07, 6.45) is 2.57. The second-order valence-corrected chi connectivity index (χ2v) is 6.15. The molecule has 1 atom stereocenters. The second kappa shape index (κ2) is 7.81. The molecule has 0 saturated carbocycles. The maximum atomic E-state index is 12.0. The predicted molar refractivity (Wildman–Crippen MR) is 87.2 cm³/mol. The zero-order valence-corrected chi connectivity index (χ0v) is 13.7. The number of carbonyl (C=O) groups is 2. The van der Waals surface area contributed by atoms with E-state index in [9.17, 15) is 9.59 Å². The van der Waals surface area contributed by atoms with E-state index in [1.807, 2.05) is 0 Å². The van der Waals surface area contributed by atoms with Crippen LogP contribution in [0.1, 0.15) is 29.6 Å². The minimum atomic E-state index is -0.266. The minimum Gasteiger partial charge on any atom is -0.368 e. The molecule has 1 aliphatic heterocycles. The van der Waals surface area contributed by atoms with Gasteiger partial charge in [-0.2, -0.15) is 0 Å². The summed E-state index contributed by atoms with van der Waals surface area (Å²) in [5.41, 5.74) is 5.85. The van der Waals surface area contributed by atoms with Crippen molar-refractivity contribution in [3.8, 4) is 0 Å². The van der Waals surface area contributed by atoms with Crippen LogP contribution in [0.15, 0.2) is 18.2 Å². The average molecular weight is 344 g/mol. The number of rotatable bonds is 6. The third-order valence-electron chi connectivity index (χ3n) is 3.78. The van der Waals surface area contributed by atoms with Gasteiger partial charge in [-0.25, -0.2) is 0 Å². The molecule has 22 heavy (non-hydrogen) atoms. The highest BCUT2D eigenvalue weighted by molar-refractivity contribution is 6.42. The van der Waals surface area contributed by atoms with E-state index >= 15 is 0 Å². The molecule has 1 aromatic rings. The van der Waals surface area contributed by atoms with Crippen molar-refractivity contribution in [1.29, 1.82) is 0 Å². The molecule has 0 spiro atoms. The van der Waals surface area contributed by atoms with Gasteiger partial charge in [0, 0.05) is 18.7 Å². The number of halogens is 2. The number of nitrogens with zero attached hydrogens (tertiary/aromatic N) is 1. The summed E-state index contributed by atoms with van der Waals surface area (Å²) < 4.78 is 0. The Morgan fingerprint density at radius 1 is 1.32 bits per heavy atom. The van der Waals surface area contributed by atoms with Crippen LogP contribution in [0.25, 0.3) is 0 Å². The van der Waals surface area contributed by atoms with Crippen molar-refractivity contribution >= 4 is 35.0 Å². The molecule has 2 rings (SSSR count). The Morgan fingerprint density at radius 2 is 2.09 bits per heavy atom. The fourth-order valence-corrected chi connectivity index (χ4v) is 2.94. The number of amides is 2. The molecule has 1 saturated heterocycles. The van der Waals surface area contributed by atoms with E-state index in [0.717, 1.165) is 32.4 Å². The summed E-state index contributed by atoms with van der Waals surface area (Å²) in [4.78, 5) is 25.3. The lowest BCUT2D eigenvalue weighted by molar-refractivity contribution is -0.122. The Hall–Kier alpha value is -1.30. The number of likely N-dealkylation sites (tertiary alicyclic amines) is 1. The molecule has 0 aromatic heterocycles. The zero-order valence-electron chi connectivity index (χ0n) is 12.1. The standard InChI is InChI=1S/C15H19Cl2N3O2/c16-11-5-4-10(9-12(11)17)15(22)19-6-2-8-20-7-1-3-13(20)14(18)21/h4-5,9,13H,1-3,6-8H2,(H2,18,21)(H,19,22). The monoisotopic (exact) mass is 343 g/mol. The Labute approximate surface area is 139 Å². The SMILES string of the molecule is NC(=O)C1CCCN1CCCNC(=O)c1ccc(Cl)c(Cl)c1. The fourth-order valence-electron chi connectivity index (χ4n) is 2.64. The molecule has 120 valence electrons. The van der Waals surface area contributed by atoms with E-state index in [1.165, 1.54) is 0 Å². The van der Waals surface area contributed by atoms with Gasteiger partial charge in [0.2, 0.25) is 5.91 Å². The number of benzene rings is 1. The van der Waals surface area contributed by atoms with Gasteiger partial charge < -0.3 is 11.1 Å². The first-order valence-corrected chi connectivity index (χ1v) is 8.01. The van der Waals surface area contributed by atoms with E-state index in [0.29, 0.717) is 22.2 Å². The van der Waals surface area contributed by atoms with Gasteiger partial charge in [-0.15, -0.1) is 0 Å². The second-order valence-electron chi connectivity index (χ2n) is 5.33. The summed E-state index contributed by atoms with van der Waals surface area (Å²) in [6, 6.07) is 4.61. The van der Waals surface area contributed by atoms with Crippen molar-refractivity contribution in [2.75, 3.05) is 19.6 Å². The van der Waals surface area contributed by atoms with E-state index in [2.05, 4.69) is 10.2 Å². The number of nitrogens with one attached hydrogen (secondary N) is 1. The van der Waals surface area contributed by atoms with Gasteiger partial charge in [0.15, 0.2) is 0 Å². The van der Waals surface area contributed by atoms with Crippen molar-refractivity contribution in [3.05, 3.63) is 33.8 Å². The Morgan fingerprint density at radius 3 is 2.77 bits per heavy atom. The lowest BCUT2D eigenvalue weighted by Crippen LogP contribution is -2.41. The van der Waals surface area contributed by atoms with Gasteiger partial charge in [0.1, 0.15) is 0 Å². The molecule has 2 amide bonds. The van der Waals surface area contributed by atoms with Crippen LogP contribution in [0.3, 0.4) is 0 Å². The van der Waals surface area contributed by atoms with Crippen molar-refractivity contribution in [1.82, 2.24) is 10.2 Å². The van der Waals surface area contributed by atoms with Crippen LogP contribution < -0.4 is 11.1 Å². The molecule has 1 heterocycles. The van der Waals surface area contributed by atoms with Crippen LogP contribution in [0.4, 0.5) is 0 Å². The summed E-state index contributed by atoms with van der Waals surface area (Å²) in [6.45, 7) is 2.16. The summed E-state index contributed by atoms with van der Waals surface area (Å²) >= 11 is 11.7. The molecule has 3 N–H and O–H groups in total. The molecule has 0 bridgehead atoms. The maximum absolute atomic E-state index is 12.0. The van der Waals surface area contributed by atoms with Crippen LogP contribution in [-0.2, 0) is 4.79 Å². The number of hydrogen-bond acceptors (Lipinski definition) is 3. The lowest BCUT2D eigenvalue weighted by Gasteiger charge is -2.21. The normalized spacial score (nSPS) is 18.4. The fraction of sp³-hybridized carbons (Fsp3) is 0.467. The van der Waals surface area contributed by atoms with E-state index in [-0.39, 0.29) is 17.9 Å². The van der Waals surface area contributed by atoms with Gasteiger partial charge in [-0.1, -0.05) is 23.2 Å². The largest absolute Gasteiger partial charge is 0.368 e. The van der Waals surface area contributed by atoms with Crippen LogP contribution in [0.2, 0.25) is 10.0 Å². The van der Waals surface area contributed by atoms with Crippen molar-refractivity contribution in [3.63, 3.8) is 0 Å². The highest BCUT2D eigenvalue weighted by atomic mass is 35.5. The van der Waals surface area contributed by atoms with Crippen molar-refractivity contribution < 1.29 is 9.59 Å². The quantitative estimate of drug-likeness (QED) is 0.776. The number of primary amides is 1. The highest BCUT2D eigenvalue weighted by Crippen LogP contribution is 2.22. The lowest BCUT2D eigenvalue weighted by atomic mass is 10.2. The maximum Gasteiger partial charge on any atom is 0.251 e. The van der Waals surface area contributed by atoms with E-state index < -0.39 is 0 Å². The molecule has 0 aliphatic carbocycles. The van der Waals surface area contributed by atoms with Gasteiger partial charge in [0.05, 0.1) is 16.1 Å². The zero-order chi connectivity index (χ0) is 16.1. The molecular weight excluding hydrogens is 325 g/mol. The smallest absolute Gasteiger partial charge is 0.251 e. The molecular formula is C15H19Cl2N3O2. The van der Waals surface area contributed by atoms with Gasteiger partial charge in [-0.05, 0) is 44.0 Å². The number of carbonyl (C=O) groups excluding carboxylic acids is 2. The Kier molecular flexibility index (Phi) is 6.06. The van der Waals surface area contributed by atoms with Crippen LogP contribution in [0.5, 0.6) is 0 Å². The summed E-state index contributed by atoms with van der Waals surface area (Å²) in [5, 5.41) is 3.61. The first-order chi connectivity index (χ1) is 10.5. The number of nitrogens with two attached hydrogens (primary N) is 1. The molecule has 1 aliphatic rings. The summed E-state index contributed by atoms with van der Waals surface area (Å²) in [5.74, 6) is -0.455. The topological polar surface area (TPSA) is 75.4 Å². The van der Waals surface area contributed by atoms with Gasteiger partial charge in [0.25, 0.3) is 5.91 Å². The molecule has 1 aromatic carbocycles. The summed E-state index contributed by atoms with van der Waals surface area (Å²) in [7, 11) is 0. The predicted octanol–water partition coefficient (Wildman–Crippen LogP) is 2.06. The van der Waals surface area contributed by atoms with Crippen LogP contribution >= 0.6 is 23.2 Å². The third-order valence-corrected chi connectivity index (χ3v) is 4.52. The molecule has 7 heteroatoms. The van der Waals surface area contributed by atoms with Crippen LogP contribution in [0, 0.1) is 0 Å². The Bertz CT molecular complexity index is 566. The van der Waals surface area contributed by atoms with E-state index in [1.54, 1.807) is 18.2 Å². The minimum absolute atomic E-state index is 0.161. The molecule has 1 unspecified atom stereocenters. The third kappa shape index (κ3) is 4.35. The molecule has 5 nitrogen and oxygen atoms in total. The molecule has 1 fully saturated rings. The van der Waals surface area contributed by atoms with Crippen molar-refractivity contribution in [2.24, 2.45) is 5.73 Å². The number of hydrogen-bond donors (Lipinski definition) is 2. The first kappa shape index (κ1) is 17.1. The highest BCUT2D eigenvalue weighted by Gasteiger charge is 2.28. The van der Waals surface area contributed by atoms with Gasteiger partial charge >= 0.3 is 0 Å². The van der Waals surface area contributed by atoms with Gasteiger partial charge in [-0.3, -0.25) is 14.5 Å². The van der Waals surface area contributed by atoms with Crippen molar-refractivity contribution in [2.45, 2.75) is 25.3 Å².